The molecule has 2 heterocycles. The maximum Gasteiger partial charge on any atom is 0.225 e. The fourth-order valence-corrected chi connectivity index (χ4v) is 3.45. The Balaban J connectivity index is 1.49. The van der Waals surface area contributed by atoms with Gasteiger partial charge in [0.1, 0.15) is 5.75 Å². The zero-order chi connectivity index (χ0) is 16.9. The molecule has 1 aliphatic rings. The maximum absolute atomic E-state index is 6.03. The molecule has 1 saturated heterocycles. The zero-order valence-electron chi connectivity index (χ0n) is 14.3. The van der Waals surface area contributed by atoms with Crippen LogP contribution < -0.4 is 9.64 Å². The first-order chi connectivity index (χ1) is 11.7. The van der Waals surface area contributed by atoms with Crippen LogP contribution in [0.15, 0.2) is 35.1 Å². The Kier molecular flexibility index (Phi) is 5.72. The summed E-state index contributed by atoms with van der Waals surface area (Å²) in [5.41, 5.74) is 2.36. The van der Waals surface area contributed by atoms with E-state index in [0.29, 0.717) is 5.92 Å². The second-order valence-corrected chi connectivity index (χ2v) is 7.31. The molecular weight excluding hydrogens is 366 g/mol. The smallest absolute Gasteiger partial charge is 0.225 e. The third-order valence-corrected chi connectivity index (χ3v) is 5.10. The highest BCUT2D eigenvalue weighted by atomic mass is 79.9. The molecule has 0 atom stereocenters. The predicted molar refractivity (Wildman–Crippen MR) is 101 cm³/mol. The Hall–Kier alpha value is -1.62. The first kappa shape index (κ1) is 17.2. The van der Waals surface area contributed by atoms with Gasteiger partial charge >= 0.3 is 0 Å². The molecule has 0 aliphatic carbocycles. The molecule has 0 radical (unpaired) electrons. The van der Waals surface area contributed by atoms with Crippen LogP contribution in [0.4, 0.5) is 5.95 Å². The van der Waals surface area contributed by atoms with Crippen LogP contribution in [0.5, 0.6) is 5.75 Å². The molecular formula is C19H24BrN3O. The monoisotopic (exact) mass is 389 g/mol. The van der Waals surface area contributed by atoms with Crippen molar-refractivity contribution in [2.45, 2.75) is 33.1 Å². The summed E-state index contributed by atoms with van der Waals surface area (Å²) < 4.78 is 7.12. The number of hydrogen-bond acceptors (Lipinski definition) is 4. The molecule has 3 rings (SSSR count). The molecule has 1 aromatic carbocycles. The van der Waals surface area contributed by atoms with E-state index in [-0.39, 0.29) is 0 Å². The molecule has 0 unspecified atom stereocenters. The minimum Gasteiger partial charge on any atom is -0.493 e. The molecule has 0 bridgehead atoms. The van der Waals surface area contributed by atoms with E-state index in [2.05, 4.69) is 50.7 Å². The van der Waals surface area contributed by atoms with E-state index in [4.69, 9.17) is 4.74 Å². The Bertz CT molecular complexity index is 667. The van der Waals surface area contributed by atoms with Crippen molar-refractivity contribution in [1.82, 2.24) is 9.97 Å². The summed E-state index contributed by atoms with van der Waals surface area (Å²) in [7, 11) is 0. The van der Waals surface area contributed by atoms with Gasteiger partial charge in [-0.2, -0.15) is 0 Å². The van der Waals surface area contributed by atoms with Gasteiger partial charge in [0.2, 0.25) is 5.95 Å². The number of nitrogens with zero attached hydrogens (tertiary/aromatic N) is 3. The van der Waals surface area contributed by atoms with Crippen LogP contribution in [0.1, 0.15) is 30.9 Å². The van der Waals surface area contributed by atoms with Crippen molar-refractivity contribution < 1.29 is 4.74 Å². The van der Waals surface area contributed by atoms with Gasteiger partial charge in [-0.25, -0.2) is 9.97 Å². The standard InChI is InChI=1S/C19H24BrN3O/c1-3-15-11-21-19(22-12-15)23-8-6-16(7-9-23)13-24-18-5-4-17(20)10-14(18)2/h4-5,10-12,16H,3,6-9,13H2,1-2H3. The van der Waals surface area contributed by atoms with Crippen molar-refractivity contribution in [2.24, 2.45) is 5.92 Å². The van der Waals surface area contributed by atoms with Crippen molar-refractivity contribution >= 4 is 21.9 Å². The van der Waals surface area contributed by atoms with Gasteiger partial charge in [0.25, 0.3) is 0 Å². The Morgan fingerprint density at radius 1 is 1.21 bits per heavy atom. The summed E-state index contributed by atoms with van der Waals surface area (Å²) in [4.78, 5) is 11.3. The Morgan fingerprint density at radius 3 is 2.54 bits per heavy atom. The van der Waals surface area contributed by atoms with Crippen LogP contribution >= 0.6 is 15.9 Å². The molecule has 0 N–H and O–H groups in total. The first-order valence-electron chi connectivity index (χ1n) is 8.60. The van der Waals surface area contributed by atoms with E-state index in [9.17, 15) is 0 Å². The highest BCUT2D eigenvalue weighted by molar-refractivity contribution is 9.10. The quantitative estimate of drug-likeness (QED) is 0.758. The number of aryl methyl sites for hydroxylation is 2. The lowest BCUT2D eigenvalue weighted by molar-refractivity contribution is 0.221. The van der Waals surface area contributed by atoms with E-state index in [1.165, 1.54) is 11.1 Å². The third kappa shape index (κ3) is 4.26. The molecule has 1 aromatic heterocycles. The normalized spacial score (nSPS) is 15.5. The molecule has 0 amide bonds. The Labute approximate surface area is 152 Å². The zero-order valence-corrected chi connectivity index (χ0v) is 15.9. The number of piperidine rings is 1. The molecule has 2 aromatic rings. The van der Waals surface area contributed by atoms with Crippen molar-refractivity contribution in [1.29, 1.82) is 0 Å². The summed E-state index contributed by atoms with van der Waals surface area (Å²) in [5, 5.41) is 0. The van der Waals surface area contributed by atoms with Crippen LogP contribution in [0, 0.1) is 12.8 Å². The van der Waals surface area contributed by atoms with Gasteiger partial charge < -0.3 is 9.64 Å². The molecule has 24 heavy (non-hydrogen) atoms. The highest BCUT2D eigenvalue weighted by Gasteiger charge is 2.21. The SMILES string of the molecule is CCc1cnc(N2CCC(COc3ccc(Br)cc3C)CC2)nc1. The summed E-state index contributed by atoms with van der Waals surface area (Å²) in [5.74, 6) is 2.44. The summed E-state index contributed by atoms with van der Waals surface area (Å²) in [6, 6.07) is 6.16. The van der Waals surface area contributed by atoms with E-state index in [1.807, 2.05) is 24.5 Å². The van der Waals surface area contributed by atoms with Crippen LogP contribution in [0.25, 0.3) is 0 Å². The van der Waals surface area contributed by atoms with Gasteiger partial charge in [-0.1, -0.05) is 22.9 Å². The van der Waals surface area contributed by atoms with E-state index >= 15 is 0 Å². The third-order valence-electron chi connectivity index (χ3n) is 4.61. The topological polar surface area (TPSA) is 38.2 Å². The average molecular weight is 390 g/mol. The molecule has 0 spiro atoms. The maximum atomic E-state index is 6.03. The second kappa shape index (κ2) is 7.97. The summed E-state index contributed by atoms with van der Waals surface area (Å²) in [6.07, 6.45) is 7.10. The van der Waals surface area contributed by atoms with Gasteiger partial charge in [0.15, 0.2) is 0 Å². The Morgan fingerprint density at radius 2 is 1.92 bits per heavy atom. The fraction of sp³-hybridized carbons (Fsp3) is 0.474. The lowest BCUT2D eigenvalue weighted by Crippen LogP contribution is -2.36. The summed E-state index contributed by atoms with van der Waals surface area (Å²) in [6.45, 7) is 6.99. The lowest BCUT2D eigenvalue weighted by atomic mass is 9.98. The average Bonchev–Trinajstić information content (AvgIpc) is 2.62. The number of halogens is 1. The van der Waals surface area contributed by atoms with Crippen LogP contribution in [-0.4, -0.2) is 29.7 Å². The van der Waals surface area contributed by atoms with Gasteiger partial charge in [0, 0.05) is 30.0 Å². The van der Waals surface area contributed by atoms with Crippen molar-refractivity contribution in [3.63, 3.8) is 0 Å². The summed E-state index contributed by atoms with van der Waals surface area (Å²) >= 11 is 3.49. The largest absolute Gasteiger partial charge is 0.493 e. The lowest BCUT2D eigenvalue weighted by Gasteiger charge is -2.32. The van der Waals surface area contributed by atoms with Crippen LogP contribution in [-0.2, 0) is 6.42 Å². The number of anilines is 1. The molecule has 0 saturated carbocycles. The fourth-order valence-electron chi connectivity index (χ4n) is 2.98. The van der Waals surface area contributed by atoms with Gasteiger partial charge in [-0.05, 0) is 61.4 Å². The van der Waals surface area contributed by atoms with Crippen LogP contribution in [0.2, 0.25) is 0 Å². The van der Waals surface area contributed by atoms with E-state index in [1.54, 1.807) is 0 Å². The molecule has 4 nitrogen and oxygen atoms in total. The minimum absolute atomic E-state index is 0.596. The van der Waals surface area contributed by atoms with Crippen molar-refractivity contribution in [3.05, 3.63) is 46.2 Å². The minimum atomic E-state index is 0.596. The number of rotatable bonds is 5. The second-order valence-electron chi connectivity index (χ2n) is 6.40. The van der Waals surface area contributed by atoms with E-state index in [0.717, 1.165) is 55.1 Å². The van der Waals surface area contributed by atoms with Crippen molar-refractivity contribution in [2.75, 3.05) is 24.6 Å². The van der Waals surface area contributed by atoms with Gasteiger partial charge in [-0.3, -0.25) is 0 Å². The molecule has 1 aliphatic heterocycles. The van der Waals surface area contributed by atoms with Gasteiger partial charge in [-0.15, -0.1) is 0 Å². The van der Waals surface area contributed by atoms with E-state index < -0.39 is 0 Å². The molecule has 128 valence electrons. The predicted octanol–water partition coefficient (Wildman–Crippen LogP) is 4.41. The number of benzene rings is 1. The number of aromatic nitrogens is 2. The van der Waals surface area contributed by atoms with Gasteiger partial charge in [0.05, 0.1) is 6.61 Å². The molecule has 5 heteroatoms. The number of hydrogen-bond donors (Lipinski definition) is 0. The highest BCUT2D eigenvalue weighted by Crippen LogP contribution is 2.25. The van der Waals surface area contributed by atoms with Crippen molar-refractivity contribution in [3.8, 4) is 5.75 Å². The molecule has 1 fully saturated rings. The van der Waals surface area contributed by atoms with Crippen LogP contribution in [0.3, 0.4) is 0 Å². The number of ether oxygens (including phenoxy) is 1. The first-order valence-corrected chi connectivity index (χ1v) is 9.40.